The molecule has 0 bridgehead atoms. The summed E-state index contributed by atoms with van der Waals surface area (Å²) in [7, 11) is 0. The Kier molecular flexibility index (Phi) is 5.76. The zero-order valence-electron chi connectivity index (χ0n) is 11.3. The lowest BCUT2D eigenvalue weighted by atomic mass is 10.2. The van der Waals surface area contributed by atoms with Crippen LogP contribution in [0.25, 0.3) is 11.0 Å². The van der Waals surface area contributed by atoms with Crippen LogP contribution in [0.2, 0.25) is 0 Å². The molecule has 0 saturated carbocycles. The first-order valence-electron chi connectivity index (χ1n) is 6.75. The van der Waals surface area contributed by atoms with Crippen molar-refractivity contribution < 1.29 is 9.52 Å². The van der Waals surface area contributed by atoms with Crippen LogP contribution in [0.5, 0.6) is 0 Å². The van der Waals surface area contributed by atoms with E-state index in [-0.39, 0.29) is 12.6 Å². The Morgan fingerprint density at radius 3 is 2.95 bits per heavy atom. The van der Waals surface area contributed by atoms with Gasteiger partial charge in [0, 0.05) is 17.7 Å². The smallest absolute Gasteiger partial charge is 0.134 e. The van der Waals surface area contributed by atoms with Crippen molar-refractivity contribution in [3.05, 3.63) is 36.1 Å². The van der Waals surface area contributed by atoms with E-state index < -0.39 is 0 Å². The highest BCUT2D eigenvalue weighted by molar-refractivity contribution is 7.99. The minimum atomic E-state index is 0.237. The van der Waals surface area contributed by atoms with Crippen molar-refractivity contribution in [2.24, 2.45) is 0 Å². The fourth-order valence-electron chi connectivity index (χ4n) is 2.03. The Labute approximate surface area is 118 Å². The van der Waals surface area contributed by atoms with Gasteiger partial charge in [-0.25, -0.2) is 0 Å². The quantitative estimate of drug-likeness (QED) is 0.728. The Morgan fingerprint density at radius 2 is 2.21 bits per heavy atom. The molecule has 0 amide bonds. The molecule has 1 heterocycles. The van der Waals surface area contributed by atoms with E-state index >= 15 is 0 Å². The van der Waals surface area contributed by atoms with Crippen LogP contribution < -0.4 is 5.32 Å². The van der Waals surface area contributed by atoms with Crippen molar-refractivity contribution in [1.82, 2.24) is 5.32 Å². The maximum Gasteiger partial charge on any atom is 0.134 e. The maximum absolute atomic E-state index is 8.80. The molecule has 0 aliphatic heterocycles. The number of aliphatic hydroxyl groups excluding tert-OH is 1. The number of furan rings is 1. The number of fused-ring (bicyclic) bond motifs is 1. The molecule has 3 nitrogen and oxygen atoms in total. The van der Waals surface area contributed by atoms with Crippen molar-refractivity contribution in [3.63, 3.8) is 0 Å². The van der Waals surface area contributed by atoms with Crippen LogP contribution in [0, 0.1) is 0 Å². The molecule has 2 N–H and O–H groups in total. The molecule has 4 heteroatoms. The molecule has 1 atom stereocenters. The first-order valence-corrected chi connectivity index (χ1v) is 7.91. The average molecular weight is 279 g/mol. The van der Waals surface area contributed by atoms with Crippen LogP contribution in [-0.2, 0) is 0 Å². The zero-order chi connectivity index (χ0) is 13.5. The van der Waals surface area contributed by atoms with E-state index in [2.05, 4.69) is 24.4 Å². The summed E-state index contributed by atoms with van der Waals surface area (Å²) in [6.07, 6.45) is 0.851. The summed E-state index contributed by atoms with van der Waals surface area (Å²) in [4.78, 5) is 0. The molecule has 0 aliphatic carbocycles. The fourth-order valence-corrected chi connectivity index (χ4v) is 3.05. The second-order valence-electron chi connectivity index (χ2n) is 4.45. The van der Waals surface area contributed by atoms with E-state index in [0.29, 0.717) is 0 Å². The van der Waals surface area contributed by atoms with Gasteiger partial charge in [-0.3, -0.25) is 0 Å². The zero-order valence-corrected chi connectivity index (χ0v) is 12.1. The van der Waals surface area contributed by atoms with E-state index in [0.717, 1.165) is 41.2 Å². The van der Waals surface area contributed by atoms with Crippen LogP contribution in [0.1, 0.15) is 25.1 Å². The van der Waals surface area contributed by atoms with Gasteiger partial charge in [-0.1, -0.05) is 25.1 Å². The van der Waals surface area contributed by atoms with Crippen LogP contribution in [0.15, 0.2) is 34.7 Å². The Balaban J connectivity index is 2.04. The van der Waals surface area contributed by atoms with Crippen molar-refractivity contribution in [2.75, 3.05) is 24.7 Å². The number of nitrogens with one attached hydrogen (secondary N) is 1. The molecule has 0 spiro atoms. The Bertz CT molecular complexity index is 465. The molecule has 1 aromatic carbocycles. The van der Waals surface area contributed by atoms with Crippen LogP contribution >= 0.6 is 11.8 Å². The second kappa shape index (κ2) is 7.58. The molecular formula is C15H21NO2S. The molecule has 0 fully saturated rings. The number of hydrogen-bond donors (Lipinski definition) is 2. The summed E-state index contributed by atoms with van der Waals surface area (Å²) < 4.78 is 5.91. The Morgan fingerprint density at radius 1 is 1.37 bits per heavy atom. The van der Waals surface area contributed by atoms with E-state index in [9.17, 15) is 0 Å². The van der Waals surface area contributed by atoms with Gasteiger partial charge in [-0.2, -0.15) is 11.8 Å². The maximum atomic E-state index is 8.80. The van der Waals surface area contributed by atoms with Gasteiger partial charge >= 0.3 is 0 Å². The number of thioether (sulfide) groups is 1. The van der Waals surface area contributed by atoms with Gasteiger partial charge in [0.25, 0.3) is 0 Å². The van der Waals surface area contributed by atoms with Crippen molar-refractivity contribution in [3.8, 4) is 0 Å². The lowest BCUT2D eigenvalue weighted by Crippen LogP contribution is -2.22. The normalized spacial score (nSPS) is 12.9. The van der Waals surface area contributed by atoms with Gasteiger partial charge in [-0.15, -0.1) is 0 Å². The number of benzene rings is 1. The molecule has 0 saturated heterocycles. The van der Waals surface area contributed by atoms with E-state index in [1.54, 1.807) is 0 Å². The first-order chi connectivity index (χ1) is 9.35. The van der Waals surface area contributed by atoms with Gasteiger partial charge in [-0.05, 0) is 30.9 Å². The largest absolute Gasteiger partial charge is 0.459 e. The topological polar surface area (TPSA) is 45.4 Å². The molecule has 104 valence electrons. The van der Waals surface area contributed by atoms with E-state index in [4.69, 9.17) is 9.52 Å². The predicted molar refractivity (Wildman–Crippen MR) is 81.7 cm³/mol. The third kappa shape index (κ3) is 4.00. The summed E-state index contributed by atoms with van der Waals surface area (Å²) in [5, 5.41) is 13.4. The highest BCUT2D eigenvalue weighted by Gasteiger charge is 2.15. The summed E-state index contributed by atoms with van der Waals surface area (Å²) in [5.41, 5.74) is 0.945. The summed E-state index contributed by atoms with van der Waals surface area (Å²) >= 11 is 1.85. The number of aliphatic hydroxyl groups is 1. The molecule has 1 unspecified atom stereocenters. The van der Waals surface area contributed by atoms with Gasteiger partial charge in [0.2, 0.25) is 0 Å². The number of rotatable bonds is 8. The SMILES string of the molecule is CCNC(CSCCCO)c1cc2ccccc2o1. The molecule has 2 rings (SSSR count). The molecular weight excluding hydrogens is 258 g/mol. The number of para-hydroxylation sites is 1. The van der Waals surface area contributed by atoms with E-state index in [1.165, 1.54) is 0 Å². The first kappa shape index (κ1) is 14.4. The van der Waals surface area contributed by atoms with Crippen molar-refractivity contribution in [1.29, 1.82) is 0 Å². The van der Waals surface area contributed by atoms with Crippen LogP contribution in [0.4, 0.5) is 0 Å². The van der Waals surface area contributed by atoms with Gasteiger partial charge in [0.15, 0.2) is 0 Å². The predicted octanol–water partition coefficient (Wildman–Crippen LogP) is 3.20. The highest BCUT2D eigenvalue weighted by Crippen LogP contribution is 2.26. The monoisotopic (exact) mass is 279 g/mol. The van der Waals surface area contributed by atoms with Crippen molar-refractivity contribution >= 4 is 22.7 Å². The third-order valence-electron chi connectivity index (χ3n) is 2.97. The minimum absolute atomic E-state index is 0.237. The molecule has 2 aromatic rings. The van der Waals surface area contributed by atoms with Crippen LogP contribution in [0.3, 0.4) is 0 Å². The second-order valence-corrected chi connectivity index (χ2v) is 5.60. The average Bonchev–Trinajstić information content (AvgIpc) is 2.86. The fraction of sp³-hybridized carbons (Fsp3) is 0.467. The van der Waals surface area contributed by atoms with Crippen molar-refractivity contribution in [2.45, 2.75) is 19.4 Å². The molecule has 19 heavy (non-hydrogen) atoms. The van der Waals surface area contributed by atoms with Crippen LogP contribution in [-0.4, -0.2) is 29.8 Å². The standard InChI is InChI=1S/C15H21NO2S/c1-2-16-13(11-19-9-5-8-17)15-10-12-6-3-4-7-14(12)18-15/h3-4,6-7,10,13,16-17H,2,5,8-9,11H2,1H3. The van der Waals surface area contributed by atoms with E-state index in [1.807, 2.05) is 30.0 Å². The lowest BCUT2D eigenvalue weighted by molar-refractivity contribution is 0.296. The van der Waals surface area contributed by atoms with Gasteiger partial charge in [0.1, 0.15) is 11.3 Å². The molecule has 0 radical (unpaired) electrons. The third-order valence-corrected chi connectivity index (χ3v) is 4.12. The van der Waals surface area contributed by atoms with Gasteiger partial charge in [0.05, 0.1) is 6.04 Å². The minimum Gasteiger partial charge on any atom is -0.459 e. The summed E-state index contributed by atoms with van der Waals surface area (Å²) in [5.74, 6) is 2.95. The lowest BCUT2D eigenvalue weighted by Gasteiger charge is -2.14. The van der Waals surface area contributed by atoms with Gasteiger partial charge < -0.3 is 14.8 Å². The number of hydrogen-bond acceptors (Lipinski definition) is 4. The summed E-state index contributed by atoms with van der Waals surface area (Å²) in [6.45, 7) is 3.29. The molecule has 0 aliphatic rings. The summed E-state index contributed by atoms with van der Waals surface area (Å²) in [6, 6.07) is 10.5. The molecule has 1 aromatic heterocycles. The Hall–Kier alpha value is -0.970. The highest BCUT2D eigenvalue weighted by atomic mass is 32.2.